The number of nitrogens with one attached hydrogen (secondary N) is 2. The second-order valence-electron chi connectivity index (χ2n) is 4.23. The zero-order chi connectivity index (χ0) is 13.8. The van der Waals surface area contributed by atoms with Crippen molar-refractivity contribution in [2.75, 3.05) is 25.5 Å². The Bertz CT molecular complexity index is 393. The van der Waals surface area contributed by atoms with Gasteiger partial charge < -0.3 is 10.6 Å². The van der Waals surface area contributed by atoms with Crippen LogP contribution < -0.4 is 10.6 Å². The molecule has 1 atom stereocenters. The zero-order valence-corrected chi connectivity index (χ0v) is 11.8. The maximum atomic E-state index is 12.8. The standard InChI is InChI=1S/C12H16BrF3N2/c1-8(6-17-2)7-18-11-5-9(13)3-4-10(11)12(14,15)16/h3-5,8,17-18H,6-7H2,1-2H3. The third-order valence-corrected chi connectivity index (χ3v) is 2.97. The van der Waals surface area contributed by atoms with E-state index >= 15 is 0 Å². The van der Waals surface area contributed by atoms with E-state index in [0.29, 0.717) is 11.0 Å². The molecule has 0 aliphatic heterocycles. The Morgan fingerprint density at radius 3 is 2.50 bits per heavy atom. The van der Waals surface area contributed by atoms with Crippen LogP contribution in [0.4, 0.5) is 18.9 Å². The van der Waals surface area contributed by atoms with Gasteiger partial charge in [0.05, 0.1) is 5.56 Å². The monoisotopic (exact) mass is 324 g/mol. The van der Waals surface area contributed by atoms with Crippen LogP contribution in [-0.4, -0.2) is 20.1 Å². The van der Waals surface area contributed by atoms with E-state index in [1.54, 1.807) is 0 Å². The molecule has 2 N–H and O–H groups in total. The van der Waals surface area contributed by atoms with Crippen molar-refractivity contribution in [3.63, 3.8) is 0 Å². The lowest BCUT2D eigenvalue weighted by atomic mass is 10.1. The Kier molecular flexibility index (Phi) is 5.47. The first kappa shape index (κ1) is 15.3. The first-order chi connectivity index (χ1) is 8.34. The SMILES string of the molecule is CNCC(C)CNc1cc(Br)ccc1C(F)(F)F. The molecule has 0 amide bonds. The number of alkyl halides is 3. The fourth-order valence-electron chi connectivity index (χ4n) is 1.61. The number of rotatable bonds is 5. The molecule has 0 saturated heterocycles. The Hall–Kier alpha value is -0.750. The van der Waals surface area contributed by atoms with Crippen molar-refractivity contribution in [2.45, 2.75) is 13.1 Å². The van der Waals surface area contributed by atoms with Gasteiger partial charge in [-0.25, -0.2) is 0 Å². The summed E-state index contributed by atoms with van der Waals surface area (Å²) in [5.74, 6) is 0.245. The number of anilines is 1. The van der Waals surface area contributed by atoms with E-state index in [1.807, 2.05) is 14.0 Å². The molecule has 1 aromatic carbocycles. The van der Waals surface area contributed by atoms with Crippen LogP contribution in [0.5, 0.6) is 0 Å². The minimum atomic E-state index is -4.34. The molecule has 1 rings (SSSR count). The molecule has 6 heteroatoms. The van der Waals surface area contributed by atoms with Crippen molar-refractivity contribution in [2.24, 2.45) is 5.92 Å². The Morgan fingerprint density at radius 1 is 1.28 bits per heavy atom. The van der Waals surface area contributed by atoms with E-state index in [2.05, 4.69) is 26.6 Å². The van der Waals surface area contributed by atoms with E-state index in [9.17, 15) is 13.2 Å². The summed E-state index contributed by atoms with van der Waals surface area (Å²) < 4.78 is 39.0. The van der Waals surface area contributed by atoms with E-state index in [-0.39, 0.29) is 11.6 Å². The minimum absolute atomic E-state index is 0.111. The summed E-state index contributed by atoms with van der Waals surface area (Å²) in [6, 6.07) is 3.93. The van der Waals surface area contributed by atoms with Crippen LogP contribution in [0, 0.1) is 5.92 Å². The lowest BCUT2D eigenvalue weighted by Gasteiger charge is -2.17. The van der Waals surface area contributed by atoms with Gasteiger partial charge in [-0.15, -0.1) is 0 Å². The maximum Gasteiger partial charge on any atom is 0.418 e. The second-order valence-corrected chi connectivity index (χ2v) is 5.15. The maximum absolute atomic E-state index is 12.8. The van der Waals surface area contributed by atoms with Crippen LogP contribution in [0.25, 0.3) is 0 Å². The summed E-state index contributed by atoms with van der Waals surface area (Å²) in [7, 11) is 1.82. The van der Waals surface area contributed by atoms with Gasteiger partial charge in [0.15, 0.2) is 0 Å². The van der Waals surface area contributed by atoms with Crippen molar-refractivity contribution >= 4 is 21.6 Å². The van der Waals surface area contributed by atoms with Crippen molar-refractivity contribution in [1.82, 2.24) is 5.32 Å². The van der Waals surface area contributed by atoms with Crippen LogP contribution in [0.2, 0.25) is 0 Å². The van der Waals surface area contributed by atoms with Gasteiger partial charge in [0.2, 0.25) is 0 Å². The normalized spacial score (nSPS) is 13.4. The molecule has 18 heavy (non-hydrogen) atoms. The van der Waals surface area contributed by atoms with Gasteiger partial charge in [-0.3, -0.25) is 0 Å². The predicted octanol–water partition coefficient (Wildman–Crippen LogP) is 3.74. The molecule has 0 saturated carbocycles. The van der Waals surface area contributed by atoms with Crippen LogP contribution in [0.15, 0.2) is 22.7 Å². The Balaban J connectivity index is 2.83. The topological polar surface area (TPSA) is 24.1 Å². The van der Waals surface area contributed by atoms with Gasteiger partial charge in [0.1, 0.15) is 0 Å². The summed E-state index contributed by atoms with van der Waals surface area (Å²) in [4.78, 5) is 0. The number of hydrogen-bond acceptors (Lipinski definition) is 2. The zero-order valence-electron chi connectivity index (χ0n) is 10.2. The van der Waals surface area contributed by atoms with Gasteiger partial charge >= 0.3 is 6.18 Å². The minimum Gasteiger partial charge on any atom is -0.384 e. The highest BCUT2D eigenvalue weighted by Crippen LogP contribution is 2.36. The molecule has 0 heterocycles. The largest absolute Gasteiger partial charge is 0.418 e. The van der Waals surface area contributed by atoms with Crippen molar-refractivity contribution in [1.29, 1.82) is 0 Å². The Morgan fingerprint density at radius 2 is 1.94 bits per heavy atom. The first-order valence-electron chi connectivity index (χ1n) is 5.59. The molecule has 0 bridgehead atoms. The summed E-state index contributed by atoms with van der Waals surface area (Å²) in [6.45, 7) is 3.21. The average Bonchev–Trinajstić information content (AvgIpc) is 2.25. The molecular formula is C12H16BrF3N2. The third-order valence-electron chi connectivity index (χ3n) is 2.48. The van der Waals surface area contributed by atoms with Crippen LogP contribution >= 0.6 is 15.9 Å². The van der Waals surface area contributed by atoms with Crippen LogP contribution in [-0.2, 0) is 6.18 Å². The molecule has 1 unspecified atom stereocenters. The van der Waals surface area contributed by atoms with Crippen LogP contribution in [0.1, 0.15) is 12.5 Å². The van der Waals surface area contributed by atoms with Gasteiger partial charge in [0, 0.05) is 16.7 Å². The lowest BCUT2D eigenvalue weighted by Crippen LogP contribution is -2.23. The molecule has 0 aliphatic carbocycles. The van der Waals surface area contributed by atoms with Gasteiger partial charge in [-0.2, -0.15) is 13.2 Å². The summed E-state index contributed by atoms with van der Waals surface area (Å²) in [5.41, 5.74) is -0.526. The average molecular weight is 325 g/mol. The number of benzene rings is 1. The van der Waals surface area contributed by atoms with Crippen molar-refractivity contribution in [3.8, 4) is 0 Å². The van der Waals surface area contributed by atoms with E-state index in [0.717, 1.165) is 12.6 Å². The lowest BCUT2D eigenvalue weighted by molar-refractivity contribution is -0.137. The molecule has 2 nitrogen and oxygen atoms in total. The quantitative estimate of drug-likeness (QED) is 0.862. The highest BCUT2D eigenvalue weighted by atomic mass is 79.9. The molecule has 0 aliphatic rings. The first-order valence-corrected chi connectivity index (χ1v) is 6.39. The summed E-state index contributed by atoms with van der Waals surface area (Å²) in [6.07, 6.45) is -4.34. The molecule has 0 radical (unpaired) electrons. The van der Waals surface area contributed by atoms with Crippen molar-refractivity contribution < 1.29 is 13.2 Å². The molecule has 1 aromatic rings. The van der Waals surface area contributed by atoms with Crippen LogP contribution in [0.3, 0.4) is 0 Å². The number of halogens is 4. The molecule has 0 spiro atoms. The second kappa shape index (κ2) is 6.43. The fraction of sp³-hybridized carbons (Fsp3) is 0.500. The summed E-state index contributed by atoms with van der Waals surface area (Å²) >= 11 is 3.18. The fourth-order valence-corrected chi connectivity index (χ4v) is 1.98. The van der Waals surface area contributed by atoms with E-state index in [1.165, 1.54) is 12.1 Å². The third kappa shape index (κ3) is 4.49. The van der Waals surface area contributed by atoms with Gasteiger partial charge in [0.25, 0.3) is 0 Å². The van der Waals surface area contributed by atoms with E-state index < -0.39 is 11.7 Å². The molecule has 0 aromatic heterocycles. The van der Waals surface area contributed by atoms with Crippen molar-refractivity contribution in [3.05, 3.63) is 28.2 Å². The summed E-state index contributed by atoms with van der Waals surface area (Å²) in [5, 5.41) is 5.84. The highest BCUT2D eigenvalue weighted by molar-refractivity contribution is 9.10. The highest BCUT2D eigenvalue weighted by Gasteiger charge is 2.33. The van der Waals surface area contributed by atoms with E-state index in [4.69, 9.17) is 0 Å². The molecule has 0 fully saturated rings. The van der Waals surface area contributed by atoms with Gasteiger partial charge in [-0.1, -0.05) is 22.9 Å². The molecule has 102 valence electrons. The number of hydrogen-bond donors (Lipinski definition) is 2. The molecular weight excluding hydrogens is 309 g/mol. The Labute approximate surface area is 113 Å². The van der Waals surface area contributed by atoms with Gasteiger partial charge in [-0.05, 0) is 37.7 Å². The predicted molar refractivity (Wildman–Crippen MR) is 70.7 cm³/mol. The smallest absolute Gasteiger partial charge is 0.384 e.